The molecule has 1 atom stereocenters. The van der Waals surface area contributed by atoms with Crippen LogP contribution in [0.5, 0.6) is 0 Å². The molecular weight excluding hydrogens is 186 g/mol. The van der Waals surface area contributed by atoms with Crippen LogP contribution in [0.3, 0.4) is 0 Å². The molecule has 2 rings (SSSR count). The molecule has 1 saturated carbocycles. The van der Waals surface area contributed by atoms with Gasteiger partial charge in [-0.2, -0.15) is 16.9 Å². The van der Waals surface area contributed by atoms with E-state index in [4.69, 9.17) is 0 Å². The number of aryl methyl sites for hydroxylation is 1. The van der Waals surface area contributed by atoms with Gasteiger partial charge in [-0.05, 0) is 19.1 Å². The molecule has 4 nitrogen and oxygen atoms in total. The van der Waals surface area contributed by atoms with Gasteiger partial charge < -0.3 is 5.11 Å². The summed E-state index contributed by atoms with van der Waals surface area (Å²) in [6, 6.07) is 0. The Hall–Kier alpha value is -0.550. The molecular formula is C8H13N3OS. The zero-order valence-corrected chi connectivity index (χ0v) is 8.58. The Kier molecular flexibility index (Phi) is 2.08. The molecule has 0 radical (unpaired) electrons. The van der Waals surface area contributed by atoms with Gasteiger partial charge in [0.15, 0.2) is 5.82 Å². The Morgan fingerprint density at radius 1 is 1.69 bits per heavy atom. The second kappa shape index (κ2) is 2.99. The normalized spacial score (nSPS) is 21.5. The first kappa shape index (κ1) is 9.02. The van der Waals surface area contributed by atoms with Gasteiger partial charge in [0, 0.05) is 11.8 Å². The fourth-order valence-corrected chi connectivity index (χ4v) is 2.34. The van der Waals surface area contributed by atoms with Crippen LogP contribution in [0.1, 0.15) is 24.8 Å². The summed E-state index contributed by atoms with van der Waals surface area (Å²) in [6.07, 6.45) is 5.18. The van der Waals surface area contributed by atoms with Gasteiger partial charge in [-0.3, -0.25) is 4.68 Å². The van der Waals surface area contributed by atoms with Gasteiger partial charge in [0.25, 0.3) is 0 Å². The van der Waals surface area contributed by atoms with Crippen molar-refractivity contribution in [3.8, 4) is 0 Å². The van der Waals surface area contributed by atoms with E-state index in [1.54, 1.807) is 16.4 Å². The Morgan fingerprint density at radius 3 is 2.77 bits per heavy atom. The summed E-state index contributed by atoms with van der Waals surface area (Å²) in [6.45, 7) is 0. The molecule has 0 bridgehead atoms. The number of hydrogen-bond donors (Lipinski definition) is 1. The fraction of sp³-hybridized carbons (Fsp3) is 0.750. The monoisotopic (exact) mass is 199 g/mol. The number of nitrogens with zero attached hydrogens (tertiary/aromatic N) is 3. The summed E-state index contributed by atoms with van der Waals surface area (Å²) >= 11 is 1.72. The van der Waals surface area contributed by atoms with E-state index >= 15 is 0 Å². The van der Waals surface area contributed by atoms with Gasteiger partial charge in [0.2, 0.25) is 0 Å². The maximum absolute atomic E-state index is 10.0. The van der Waals surface area contributed by atoms with Crippen LogP contribution in [0.25, 0.3) is 0 Å². The highest BCUT2D eigenvalue weighted by Crippen LogP contribution is 2.54. The van der Waals surface area contributed by atoms with Gasteiger partial charge in [-0.15, -0.1) is 0 Å². The number of rotatable bonds is 3. The molecule has 1 unspecified atom stereocenters. The van der Waals surface area contributed by atoms with Crippen LogP contribution in [-0.4, -0.2) is 30.9 Å². The third-order valence-electron chi connectivity index (χ3n) is 2.64. The van der Waals surface area contributed by atoms with E-state index in [0.717, 1.165) is 12.8 Å². The molecule has 13 heavy (non-hydrogen) atoms. The van der Waals surface area contributed by atoms with Crippen molar-refractivity contribution in [2.45, 2.75) is 23.7 Å². The summed E-state index contributed by atoms with van der Waals surface area (Å²) in [7, 11) is 1.81. The lowest BCUT2D eigenvalue weighted by Crippen LogP contribution is -2.19. The van der Waals surface area contributed by atoms with Crippen molar-refractivity contribution in [1.29, 1.82) is 0 Å². The van der Waals surface area contributed by atoms with Crippen molar-refractivity contribution in [2.75, 3.05) is 6.26 Å². The number of hydrogen-bond acceptors (Lipinski definition) is 4. The summed E-state index contributed by atoms with van der Waals surface area (Å²) in [5, 5.41) is 14.0. The van der Waals surface area contributed by atoms with Gasteiger partial charge in [-0.25, -0.2) is 4.98 Å². The van der Waals surface area contributed by atoms with Gasteiger partial charge in [0.05, 0.1) is 0 Å². The predicted octanol–water partition coefficient (Wildman–Crippen LogP) is 0.744. The molecule has 1 aromatic heterocycles. The molecule has 0 spiro atoms. The Morgan fingerprint density at radius 2 is 2.38 bits per heavy atom. The SMILES string of the molecule is CSC1(C(O)c2ncnn2C)CC1. The van der Waals surface area contributed by atoms with Crippen LogP contribution in [0.15, 0.2) is 6.33 Å². The highest BCUT2D eigenvalue weighted by atomic mass is 32.2. The highest BCUT2D eigenvalue weighted by molar-refractivity contribution is 8.00. The van der Waals surface area contributed by atoms with Crippen LogP contribution >= 0.6 is 11.8 Å². The maximum Gasteiger partial charge on any atom is 0.156 e. The average molecular weight is 199 g/mol. The number of thioether (sulfide) groups is 1. The molecule has 72 valence electrons. The zero-order chi connectivity index (χ0) is 9.47. The minimum atomic E-state index is -0.477. The van der Waals surface area contributed by atoms with Gasteiger partial charge in [0.1, 0.15) is 12.4 Å². The number of aliphatic hydroxyl groups is 1. The van der Waals surface area contributed by atoms with Crippen molar-refractivity contribution >= 4 is 11.8 Å². The first-order valence-electron chi connectivity index (χ1n) is 4.27. The van der Waals surface area contributed by atoms with Crippen molar-refractivity contribution in [3.63, 3.8) is 0 Å². The minimum Gasteiger partial charge on any atom is -0.384 e. The van der Waals surface area contributed by atoms with E-state index in [1.807, 2.05) is 13.3 Å². The molecule has 1 N–H and O–H groups in total. The highest BCUT2D eigenvalue weighted by Gasteiger charge is 2.50. The van der Waals surface area contributed by atoms with Gasteiger partial charge in [-0.1, -0.05) is 0 Å². The molecule has 0 amide bonds. The summed E-state index contributed by atoms with van der Waals surface area (Å²) in [5.74, 6) is 0.673. The molecule has 0 aliphatic heterocycles. The van der Waals surface area contributed by atoms with Crippen LogP contribution in [0, 0.1) is 0 Å². The fourth-order valence-electron chi connectivity index (χ4n) is 1.50. The van der Waals surface area contributed by atoms with Crippen LogP contribution in [0.2, 0.25) is 0 Å². The Balaban J connectivity index is 2.22. The lowest BCUT2D eigenvalue weighted by atomic mass is 10.2. The van der Waals surface area contributed by atoms with E-state index in [-0.39, 0.29) is 4.75 Å². The van der Waals surface area contributed by atoms with E-state index in [1.165, 1.54) is 6.33 Å². The molecule has 5 heteroatoms. The lowest BCUT2D eigenvalue weighted by Gasteiger charge is -2.18. The molecule has 1 aromatic rings. The summed E-state index contributed by atoms with van der Waals surface area (Å²) < 4.78 is 1.65. The molecule has 1 heterocycles. The molecule has 0 saturated heterocycles. The maximum atomic E-state index is 10.0. The average Bonchev–Trinajstić information content (AvgIpc) is 2.83. The van der Waals surface area contributed by atoms with Crippen LogP contribution in [-0.2, 0) is 7.05 Å². The van der Waals surface area contributed by atoms with E-state index < -0.39 is 6.10 Å². The smallest absolute Gasteiger partial charge is 0.156 e. The number of aliphatic hydroxyl groups excluding tert-OH is 1. The second-order valence-corrected chi connectivity index (χ2v) is 4.63. The predicted molar refractivity (Wildman–Crippen MR) is 51.4 cm³/mol. The first-order chi connectivity index (χ1) is 6.19. The summed E-state index contributed by atoms with van der Waals surface area (Å²) in [5.41, 5.74) is 0. The second-order valence-electron chi connectivity index (χ2n) is 3.41. The molecule has 1 fully saturated rings. The van der Waals surface area contributed by atoms with Gasteiger partial charge >= 0.3 is 0 Å². The third-order valence-corrected chi connectivity index (χ3v) is 4.08. The third kappa shape index (κ3) is 1.36. The molecule has 1 aliphatic rings. The van der Waals surface area contributed by atoms with Crippen molar-refractivity contribution < 1.29 is 5.11 Å². The molecule has 1 aliphatic carbocycles. The summed E-state index contributed by atoms with van der Waals surface area (Å²) in [4.78, 5) is 4.06. The van der Waals surface area contributed by atoms with Crippen LogP contribution in [0.4, 0.5) is 0 Å². The van der Waals surface area contributed by atoms with E-state index in [2.05, 4.69) is 10.1 Å². The van der Waals surface area contributed by atoms with Crippen molar-refractivity contribution in [2.24, 2.45) is 7.05 Å². The number of aromatic nitrogens is 3. The van der Waals surface area contributed by atoms with Crippen LogP contribution < -0.4 is 0 Å². The Bertz CT molecular complexity index is 308. The lowest BCUT2D eigenvalue weighted by molar-refractivity contribution is 0.152. The Labute approximate surface area is 81.4 Å². The van der Waals surface area contributed by atoms with Crippen molar-refractivity contribution in [1.82, 2.24) is 14.8 Å². The standard InChI is InChI=1S/C8H13N3OS/c1-11-7(9-5-10-11)6(12)8(13-2)3-4-8/h5-6,12H,3-4H2,1-2H3. The first-order valence-corrected chi connectivity index (χ1v) is 5.49. The van der Waals surface area contributed by atoms with E-state index in [0.29, 0.717) is 5.82 Å². The largest absolute Gasteiger partial charge is 0.384 e. The zero-order valence-electron chi connectivity index (χ0n) is 7.77. The van der Waals surface area contributed by atoms with Crippen molar-refractivity contribution in [3.05, 3.63) is 12.2 Å². The topological polar surface area (TPSA) is 50.9 Å². The minimum absolute atomic E-state index is 0.0147. The molecule has 0 aromatic carbocycles. The quantitative estimate of drug-likeness (QED) is 0.780. The van der Waals surface area contributed by atoms with E-state index in [9.17, 15) is 5.11 Å².